The van der Waals surface area contributed by atoms with Crippen molar-refractivity contribution >= 4 is 14.2 Å². The van der Waals surface area contributed by atoms with E-state index in [0.717, 1.165) is 5.56 Å². The molecule has 4 nitrogen and oxygen atoms in total. The molecule has 0 fully saturated rings. The maximum atomic E-state index is 12.3. The summed E-state index contributed by atoms with van der Waals surface area (Å²) in [5.74, 6) is 0. The summed E-state index contributed by atoms with van der Waals surface area (Å²) in [5.41, 5.74) is 1.47. The molecule has 0 heterocycles. The summed E-state index contributed by atoms with van der Waals surface area (Å²) in [5, 5.41) is -0.210. The molecule has 0 N–H and O–H groups in total. The molecule has 0 unspecified atom stereocenters. The molecule has 0 spiro atoms. The van der Waals surface area contributed by atoms with Gasteiger partial charge in [-0.25, -0.2) is 0 Å². The lowest BCUT2D eigenvalue weighted by atomic mass is 10.1. The lowest BCUT2D eigenvalue weighted by Gasteiger charge is -2.23. The van der Waals surface area contributed by atoms with Crippen LogP contribution < -0.4 is 0 Å². The van der Waals surface area contributed by atoms with Gasteiger partial charge in [-0.1, -0.05) is 24.3 Å². The van der Waals surface area contributed by atoms with Gasteiger partial charge in [0.05, 0.1) is 0 Å². The van der Waals surface area contributed by atoms with E-state index in [1.807, 2.05) is 19.1 Å². The van der Waals surface area contributed by atoms with Gasteiger partial charge in [-0.15, -0.1) is 0 Å². The minimum Gasteiger partial charge on any atom is -0.372 e. The van der Waals surface area contributed by atoms with Crippen molar-refractivity contribution in [2.45, 2.75) is 6.92 Å². The monoisotopic (exact) mass is 240 g/mol. The van der Waals surface area contributed by atoms with E-state index in [9.17, 15) is 4.79 Å². The van der Waals surface area contributed by atoms with Gasteiger partial charge in [-0.3, -0.25) is 4.79 Å². The second-order valence-electron chi connectivity index (χ2n) is 3.31. The van der Waals surface area contributed by atoms with E-state index in [2.05, 4.69) is 0 Å². The molecule has 1 aromatic carbocycles. The van der Waals surface area contributed by atoms with Crippen molar-refractivity contribution in [3.63, 3.8) is 0 Å². The molecule has 0 bridgehead atoms. The van der Waals surface area contributed by atoms with Gasteiger partial charge in [0.15, 0.2) is 0 Å². The largest absolute Gasteiger partial charge is 0.579 e. The van der Waals surface area contributed by atoms with E-state index in [-0.39, 0.29) is 5.41 Å². The van der Waals surface area contributed by atoms with Gasteiger partial charge in [0, 0.05) is 26.9 Å². The number of hydrogen-bond acceptors (Lipinski definition) is 4. The van der Waals surface area contributed by atoms with E-state index in [1.165, 1.54) is 21.3 Å². The van der Waals surface area contributed by atoms with Crippen molar-refractivity contribution in [2.24, 2.45) is 0 Å². The summed E-state index contributed by atoms with van der Waals surface area (Å²) >= 11 is 0. The van der Waals surface area contributed by atoms with Crippen LogP contribution in [0.1, 0.15) is 15.9 Å². The predicted octanol–water partition coefficient (Wildman–Crippen LogP) is 1.60. The average Bonchev–Trinajstić information content (AvgIpc) is 2.32. The fourth-order valence-corrected chi connectivity index (χ4v) is 3.19. The number of carbonyl (C=O) groups is 1. The van der Waals surface area contributed by atoms with Crippen LogP contribution in [-0.2, 0) is 13.3 Å². The molecule has 0 aliphatic carbocycles. The first-order chi connectivity index (χ1) is 7.61. The molecular weight excluding hydrogens is 224 g/mol. The molecule has 16 heavy (non-hydrogen) atoms. The molecule has 0 atom stereocenters. The molecule has 0 radical (unpaired) electrons. The van der Waals surface area contributed by atoms with Crippen LogP contribution in [0.2, 0.25) is 0 Å². The minimum atomic E-state index is -3.23. The second kappa shape index (κ2) is 5.36. The van der Waals surface area contributed by atoms with E-state index in [1.54, 1.807) is 12.1 Å². The SMILES string of the molecule is CO[Si](OC)(OC)C(=O)c1ccccc1C. The average molecular weight is 240 g/mol. The highest BCUT2D eigenvalue weighted by molar-refractivity contribution is 6.94. The predicted molar refractivity (Wildman–Crippen MR) is 62.3 cm³/mol. The second-order valence-corrected chi connectivity index (χ2v) is 6.10. The quantitative estimate of drug-likeness (QED) is 0.733. The van der Waals surface area contributed by atoms with Crippen molar-refractivity contribution < 1.29 is 18.1 Å². The Balaban J connectivity index is 3.14. The van der Waals surface area contributed by atoms with Crippen LogP contribution in [-0.4, -0.2) is 35.5 Å². The van der Waals surface area contributed by atoms with Gasteiger partial charge < -0.3 is 13.3 Å². The maximum absolute atomic E-state index is 12.3. The minimum absolute atomic E-state index is 0.210. The first kappa shape index (κ1) is 13.1. The zero-order valence-electron chi connectivity index (χ0n) is 9.94. The molecule has 88 valence electrons. The van der Waals surface area contributed by atoms with Crippen LogP contribution in [0.15, 0.2) is 24.3 Å². The standard InChI is InChI=1S/C11H16O4Si/c1-9-7-5-6-8-10(9)11(12)16(13-2,14-3)15-4/h5-8H,1-4H3. The summed E-state index contributed by atoms with van der Waals surface area (Å²) in [6, 6.07) is 7.30. The van der Waals surface area contributed by atoms with Crippen LogP contribution in [0, 0.1) is 6.92 Å². The smallest absolute Gasteiger partial charge is 0.372 e. The number of benzene rings is 1. The van der Waals surface area contributed by atoms with Crippen molar-refractivity contribution in [1.82, 2.24) is 0 Å². The Kier molecular flexibility index (Phi) is 4.37. The van der Waals surface area contributed by atoms with E-state index in [0.29, 0.717) is 5.56 Å². The van der Waals surface area contributed by atoms with Gasteiger partial charge in [0.2, 0.25) is 5.41 Å². The van der Waals surface area contributed by atoms with E-state index >= 15 is 0 Å². The Morgan fingerprint density at radius 1 is 1.06 bits per heavy atom. The molecule has 1 rings (SSSR count). The topological polar surface area (TPSA) is 44.8 Å². The molecule has 0 amide bonds. The highest BCUT2D eigenvalue weighted by Gasteiger charge is 2.48. The van der Waals surface area contributed by atoms with Crippen molar-refractivity contribution in [3.05, 3.63) is 35.4 Å². The summed E-state index contributed by atoms with van der Waals surface area (Å²) in [7, 11) is 1.05. The third kappa shape index (κ3) is 2.22. The van der Waals surface area contributed by atoms with Crippen LogP contribution in [0.25, 0.3) is 0 Å². The number of rotatable bonds is 5. The summed E-state index contributed by atoms with van der Waals surface area (Å²) in [6.07, 6.45) is 0. The van der Waals surface area contributed by atoms with Crippen molar-refractivity contribution in [2.75, 3.05) is 21.3 Å². The van der Waals surface area contributed by atoms with Crippen molar-refractivity contribution in [1.29, 1.82) is 0 Å². The number of carbonyl (C=O) groups excluding carboxylic acids is 1. The normalized spacial score (nSPS) is 11.5. The van der Waals surface area contributed by atoms with E-state index in [4.69, 9.17) is 13.3 Å². The van der Waals surface area contributed by atoms with Crippen LogP contribution in [0.3, 0.4) is 0 Å². The molecule has 1 aromatic rings. The Morgan fingerprint density at radius 2 is 1.56 bits per heavy atom. The fourth-order valence-electron chi connectivity index (χ4n) is 1.52. The van der Waals surface area contributed by atoms with Crippen LogP contribution in [0.4, 0.5) is 0 Å². The maximum Gasteiger partial charge on any atom is 0.579 e. The zero-order valence-corrected chi connectivity index (χ0v) is 10.9. The lowest BCUT2D eigenvalue weighted by Crippen LogP contribution is -2.51. The van der Waals surface area contributed by atoms with Crippen molar-refractivity contribution in [3.8, 4) is 0 Å². The summed E-state index contributed by atoms with van der Waals surface area (Å²) < 4.78 is 15.5. The first-order valence-corrected chi connectivity index (χ1v) is 6.59. The lowest BCUT2D eigenvalue weighted by molar-refractivity contribution is 0.0791. The Bertz CT molecular complexity index is 366. The Hall–Kier alpha value is -1.01. The first-order valence-electron chi connectivity index (χ1n) is 4.87. The zero-order chi connectivity index (χ0) is 12.2. The number of hydrogen-bond donors (Lipinski definition) is 0. The highest BCUT2D eigenvalue weighted by atomic mass is 28.4. The molecular formula is C11H16O4Si. The summed E-state index contributed by atoms with van der Waals surface area (Å²) in [4.78, 5) is 12.3. The molecule has 5 heteroatoms. The molecule has 0 aliphatic rings. The highest BCUT2D eigenvalue weighted by Crippen LogP contribution is 2.17. The fraction of sp³-hybridized carbons (Fsp3) is 0.364. The van der Waals surface area contributed by atoms with Crippen LogP contribution >= 0.6 is 0 Å². The van der Waals surface area contributed by atoms with Crippen LogP contribution in [0.5, 0.6) is 0 Å². The van der Waals surface area contributed by atoms with E-state index < -0.39 is 8.80 Å². The molecule has 0 aliphatic heterocycles. The Labute approximate surface area is 96.5 Å². The Morgan fingerprint density at radius 3 is 2.00 bits per heavy atom. The number of aryl methyl sites for hydroxylation is 1. The van der Waals surface area contributed by atoms with Gasteiger partial charge in [0.25, 0.3) is 0 Å². The summed E-state index contributed by atoms with van der Waals surface area (Å²) in [6.45, 7) is 1.87. The molecule has 0 aromatic heterocycles. The van der Waals surface area contributed by atoms with Gasteiger partial charge in [-0.05, 0) is 12.5 Å². The molecule has 0 saturated carbocycles. The van der Waals surface area contributed by atoms with Gasteiger partial charge in [-0.2, -0.15) is 0 Å². The third-order valence-corrected chi connectivity index (χ3v) is 4.91. The van der Waals surface area contributed by atoms with Gasteiger partial charge >= 0.3 is 8.80 Å². The third-order valence-electron chi connectivity index (χ3n) is 2.47. The molecule has 0 saturated heterocycles. The van der Waals surface area contributed by atoms with Gasteiger partial charge in [0.1, 0.15) is 0 Å².